The number of hydrogen-bond donors (Lipinski definition) is 1. The summed E-state index contributed by atoms with van der Waals surface area (Å²) in [5.41, 5.74) is 2.25. The average molecular weight is 279 g/mol. The molecule has 1 aromatic carbocycles. The predicted molar refractivity (Wildman–Crippen MR) is 80.1 cm³/mol. The largest absolute Gasteiger partial charge is 0.492 e. The third-order valence-corrected chi connectivity index (χ3v) is 3.20. The molecule has 0 fully saturated rings. The number of anilines is 1. The van der Waals surface area contributed by atoms with Gasteiger partial charge in [0.1, 0.15) is 5.75 Å². The van der Waals surface area contributed by atoms with Gasteiger partial charge in [-0.15, -0.1) is 0 Å². The number of rotatable bonds is 6. The van der Waals surface area contributed by atoms with Crippen molar-refractivity contribution < 1.29 is 4.74 Å². The van der Waals surface area contributed by atoms with Crippen molar-refractivity contribution in [3.8, 4) is 5.75 Å². The van der Waals surface area contributed by atoms with Crippen molar-refractivity contribution in [2.75, 3.05) is 11.9 Å². The molecule has 0 atom stereocenters. The van der Waals surface area contributed by atoms with Crippen LogP contribution in [0.15, 0.2) is 36.7 Å². The summed E-state index contributed by atoms with van der Waals surface area (Å²) in [5, 5.41) is 3.99. The van der Waals surface area contributed by atoms with E-state index in [-0.39, 0.29) is 0 Å². The third kappa shape index (κ3) is 3.67. The van der Waals surface area contributed by atoms with Crippen molar-refractivity contribution in [3.05, 3.63) is 47.2 Å². The van der Waals surface area contributed by atoms with Crippen LogP contribution in [0.1, 0.15) is 19.4 Å². The highest BCUT2D eigenvalue weighted by atomic mass is 35.5. The van der Waals surface area contributed by atoms with Gasteiger partial charge in [0.25, 0.3) is 0 Å². The zero-order valence-corrected chi connectivity index (χ0v) is 12.1. The lowest BCUT2D eigenvalue weighted by Crippen LogP contribution is -1.99. The Bertz CT molecular complexity index is 537. The van der Waals surface area contributed by atoms with Crippen LogP contribution in [-0.4, -0.2) is 11.2 Å². The molecular weight excluding hydrogens is 260 g/mol. The van der Waals surface area contributed by atoms with Crippen LogP contribution in [0.4, 0.5) is 5.69 Å². The quantitative estimate of drug-likeness (QED) is 0.858. The lowest BCUT2D eigenvalue weighted by Gasteiger charge is -2.09. The molecule has 0 saturated carbocycles. The summed E-state index contributed by atoms with van der Waals surface area (Å²) in [4.78, 5) is 0. The molecule has 0 spiro atoms. The molecule has 2 rings (SSSR count). The second-order valence-electron chi connectivity index (χ2n) is 4.28. The fraction of sp³-hybridized carbons (Fsp3) is 0.333. The second-order valence-corrected chi connectivity index (χ2v) is 4.69. The summed E-state index contributed by atoms with van der Waals surface area (Å²) < 4.78 is 7.56. The van der Waals surface area contributed by atoms with Gasteiger partial charge < -0.3 is 14.6 Å². The van der Waals surface area contributed by atoms with Crippen molar-refractivity contribution in [2.45, 2.75) is 26.9 Å². The minimum absolute atomic E-state index is 0.622. The molecule has 0 saturated heterocycles. The first-order valence-electron chi connectivity index (χ1n) is 6.53. The number of hydrogen-bond acceptors (Lipinski definition) is 2. The van der Waals surface area contributed by atoms with Crippen LogP contribution >= 0.6 is 11.6 Å². The summed E-state index contributed by atoms with van der Waals surface area (Å²) in [7, 11) is 0. The number of aryl methyl sites for hydroxylation is 1. The van der Waals surface area contributed by atoms with E-state index in [9.17, 15) is 0 Å². The van der Waals surface area contributed by atoms with E-state index in [0.717, 1.165) is 24.5 Å². The predicted octanol–water partition coefficient (Wildman–Crippen LogP) is 4.17. The topological polar surface area (TPSA) is 26.2 Å². The zero-order valence-electron chi connectivity index (χ0n) is 11.3. The van der Waals surface area contributed by atoms with Crippen LogP contribution in [0.5, 0.6) is 5.75 Å². The molecule has 2 aromatic rings. The number of ether oxygens (including phenoxy) is 1. The van der Waals surface area contributed by atoms with E-state index >= 15 is 0 Å². The number of nitrogens with one attached hydrogen (secondary N) is 1. The number of halogens is 1. The average Bonchev–Trinajstić information content (AvgIpc) is 2.87. The van der Waals surface area contributed by atoms with Crippen molar-refractivity contribution in [3.63, 3.8) is 0 Å². The highest BCUT2D eigenvalue weighted by Crippen LogP contribution is 2.27. The van der Waals surface area contributed by atoms with E-state index < -0.39 is 0 Å². The Morgan fingerprint density at radius 1 is 1.26 bits per heavy atom. The fourth-order valence-electron chi connectivity index (χ4n) is 1.88. The van der Waals surface area contributed by atoms with Gasteiger partial charge in [0.2, 0.25) is 0 Å². The van der Waals surface area contributed by atoms with Crippen molar-refractivity contribution in [1.82, 2.24) is 4.57 Å². The molecule has 102 valence electrons. The molecule has 0 amide bonds. The highest BCUT2D eigenvalue weighted by molar-refractivity contribution is 6.32. The maximum atomic E-state index is 6.15. The number of nitrogens with zero attached hydrogens (tertiary/aromatic N) is 1. The van der Waals surface area contributed by atoms with Gasteiger partial charge in [-0.2, -0.15) is 0 Å². The molecule has 1 heterocycles. The Kier molecular flexibility index (Phi) is 4.74. The van der Waals surface area contributed by atoms with E-state index in [1.807, 2.05) is 25.1 Å². The van der Waals surface area contributed by atoms with E-state index in [2.05, 4.69) is 35.3 Å². The molecule has 0 unspecified atom stereocenters. The van der Waals surface area contributed by atoms with Crippen LogP contribution in [0, 0.1) is 0 Å². The molecule has 1 aromatic heterocycles. The maximum absolute atomic E-state index is 6.15. The minimum atomic E-state index is 0.622. The molecule has 0 radical (unpaired) electrons. The summed E-state index contributed by atoms with van der Waals surface area (Å²) in [5.74, 6) is 0.729. The molecular formula is C15H19ClN2O. The Morgan fingerprint density at radius 3 is 2.74 bits per heavy atom. The molecule has 0 aliphatic rings. The maximum Gasteiger partial charge on any atom is 0.138 e. The molecule has 0 bridgehead atoms. The van der Waals surface area contributed by atoms with Crippen LogP contribution in [0.25, 0.3) is 0 Å². The van der Waals surface area contributed by atoms with Gasteiger partial charge in [0, 0.05) is 31.2 Å². The summed E-state index contributed by atoms with van der Waals surface area (Å²) in [6.45, 7) is 6.48. The van der Waals surface area contributed by atoms with Gasteiger partial charge in [-0.1, -0.05) is 11.6 Å². The van der Waals surface area contributed by atoms with Crippen molar-refractivity contribution in [1.29, 1.82) is 0 Å². The first-order chi connectivity index (χ1) is 9.22. The first kappa shape index (κ1) is 13.8. The smallest absolute Gasteiger partial charge is 0.138 e. The summed E-state index contributed by atoms with van der Waals surface area (Å²) >= 11 is 6.15. The van der Waals surface area contributed by atoms with Gasteiger partial charge in [-0.25, -0.2) is 0 Å². The lowest BCUT2D eigenvalue weighted by atomic mass is 10.2. The number of benzene rings is 1. The lowest BCUT2D eigenvalue weighted by molar-refractivity contribution is 0.340. The van der Waals surface area contributed by atoms with E-state index in [0.29, 0.717) is 11.6 Å². The highest BCUT2D eigenvalue weighted by Gasteiger charge is 2.03. The molecule has 4 heteroatoms. The summed E-state index contributed by atoms with van der Waals surface area (Å²) in [6.07, 6.45) is 4.23. The molecule has 19 heavy (non-hydrogen) atoms. The Hall–Kier alpha value is -1.61. The van der Waals surface area contributed by atoms with Gasteiger partial charge in [-0.05, 0) is 43.7 Å². The standard InChI is InChI=1S/C15H19ClN2O/c1-3-18-8-7-12(11-18)10-17-13-5-6-15(19-4-2)14(16)9-13/h5-9,11,17H,3-4,10H2,1-2H3. The molecule has 0 aliphatic carbocycles. The Balaban J connectivity index is 1.97. The Morgan fingerprint density at radius 2 is 2.11 bits per heavy atom. The first-order valence-corrected chi connectivity index (χ1v) is 6.91. The van der Waals surface area contributed by atoms with E-state index in [4.69, 9.17) is 16.3 Å². The van der Waals surface area contributed by atoms with Crippen molar-refractivity contribution in [2.24, 2.45) is 0 Å². The Labute approximate surface area is 119 Å². The van der Waals surface area contributed by atoms with E-state index in [1.165, 1.54) is 5.56 Å². The van der Waals surface area contributed by atoms with Crippen LogP contribution in [-0.2, 0) is 13.1 Å². The van der Waals surface area contributed by atoms with Crippen LogP contribution in [0.3, 0.4) is 0 Å². The minimum Gasteiger partial charge on any atom is -0.492 e. The third-order valence-electron chi connectivity index (χ3n) is 2.91. The van der Waals surface area contributed by atoms with E-state index in [1.54, 1.807) is 0 Å². The summed E-state index contributed by atoms with van der Waals surface area (Å²) in [6, 6.07) is 7.88. The van der Waals surface area contributed by atoms with Crippen LogP contribution < -0.4 is 10.1 Å². The fourth-order valence-corrected chi connectivity index (χ4v) is 2.11. The molecule has 1 N–H and O–H groups in total. The van der Waals surface area contributed by atoms with Gasteiger partial charge in [-0.3, -0.25) is 0 Å². The van der Waals surface area contributed by atoms with Crippen molar-refractivity contribution >= 4 is 17.3 Å². The normalized spacial score (nSPS) is 10.5. The molecule has 3 nitrogen and oxygen atoms in total. The SMILES string of the molecule is CCOc1ccc(NCc2ccn(CC)c2)cc1Cl. The number of aromatic nitrogens is 1. The monoisotopic (exact) mass is 278 g/mol. The van der Waals surface area contributed by atoms with Gasteiger partial charge >= 0.3 is 0 Å². The zero-order chi connectivity index (χ0) is 13.7. The second kappa shape index (κ2) is 6.53. The van der Waals surface area contributed by atoms with Gasteiger partial charge in [0.05, 0.1) is 11.6 Å². The molecule has 0 aliphatic heterocycles. The van der Waals surface area contributed by atoms with Crippen LogP contribution in [0.2, 0.25) is 5.02 Å². The van der Waals surface area contributed by atoms with Gasteiger partial charge in [0.15, 0.2) is 0 Å².